The summed E-state index contributed by atoms with van der Waals surface area (Å²) in [6, 6.07) is 4.07. The van der Waals surface area contributed by atoms with Gasteiger partial charge in [-0.25, -0.2) is 8.78 Å². The van der Waals surface area contributed by atoms with Crippen molar-refractivity contribution in [2.75, 3.05) is 20.6 Å². The molecule has 2 aromatic carbocycles. The number of nitrogens with zero attached hydrogens (tertiary/aromatic N) is 2. The Balaban J connectivity index is 2.19. The number of hydrogen-bond donors (Lipinski definition) is 2. The van der Waals surface area contributed by atoms with E-state index in [1.807, 2.05) is 32.9 Å². The van der Waals surface area contributed by atoms with E-state index in [0.717, 1.165) is 28.5 Å². The molecule has 0 fully saturated rings. The average Bonchev–Trinajstić information content (AvgIpc) is 2.92. The Morgan fingerprint density at radius 3 is 2.06 bits per heavy atom. The van der Waals surface area contributed by atoms with Crippen LogP contribution in [0, 0.1) is 45.2 Å². The van der Waals surface area contributed by atoms with Crippen molar-refractivity contribution < 1.29 is 36.6 Å². The van der Waals surface area contributed by atoms with E-state index in [9.17, 15) is 32.7 Å². The quantitative estimate of drug-likeness (QED) is 0.202. The molecule has 1 amide bonds. The largest absolute Gasteiger partial charge is 0.481 e. The topological polar surface area (TPSA) is 91.6 Å². The highest BCUT2D eigenvalue weighted by Gasteiger charge is 2.40. The van der Waals surface area contributed by atoms with Crippen LogP contribution < -0.4 is 10.9 Å². The molecule has 12 heteroatoms. The molecule has 0 bridgehead atoms. The van der Waals surface area contributed by atoms with E-state index < -0.39 is 64.9 Å². The van der Waals surface area contributed by atoms with Crippen LogP contribution >= 0.6 is 0 Å². The second-order valence-electron chi connectivity index (χ2n) is 12.9. The van der Waals surface area contributed by atoms with E-state index in [0.29, 0.717) is 10.1 Å². The number of aliphatic carboxylic acids is 1. The zero-order valence-corrected chi connectivity index (χ0v) is 27.9. The lowest BCUT2D eigenvalue weighted by molar-refractivity contribution is -0.141. The van der Waals surface area contributed by atoms with E-state index in [1.165, 1.54) is 13.0 Å². The van der Waals surface area contributed by atoms with Crippen molar-refractivity contribution in [3.05, 3.63) is 91.4 Å². The van der Waals surface area contributed by atoms with Gasteiger partial charge in [-0.3, -0.25) is 14.4 Å². The molecule has 0 spiro atoms. The number of aryl methyl sites for hydroxylation is 4. The number of hydrogen-bond acceptors (Lipinski definition) is 4. The number of nitrogens with one attached hydrogen (secondary N) is 1. The molecule has 7 nitrogen and oxygen atoms in total. The third kappa shape index (κ3) is 8.85. The molecule has 0 aliphatic rings. The Bertz CT molecular complexity index is 1690. The Hall–Kier alpha value is -4.06. The van der Waals surface area contributed by atoms with E-state index in [1.54, 1.807) is 38.9 Å². The van der Waals surface area contributed by atoms with Gasteiger partial charge in [-0.2, -0.15) is 13.2 Å². The van der Waals surface area contributed by atoms with Gasteiger partial charge in [-0.1, -0.05) is 31.5 Å². The van der Waals surface area contributed by atoms with Gasteiger partial charge in [-0.15, -0.1) is 0 Å². The molecule has 0 aliphatic heterocycles. The molecule has 3 aromatic rings. The molecule has 1 aromatic heterocycles. The average molecular weight is 664 g/mol. The van der Waals surface area contributed by atoms with Crippen molar-refractivity contribution in [2.45, 2.75) is 79.1 Å². The van der Waals surface area contributed by atoms with E-state index >= 15 is 8.78 Å². The van der Waals surface area contributed by atoms with Gasteiger partial charge in [0, 0.05) is 18.3 Å². The molecule has 2 atom stereocenters. The van der Waals surface area contributed by atoms with E-state index in [-0.39, 0.29) is 36.4 Å². The van der Waals surface area contributed by atoms with Crippen molar-refractivity contribution in [2.24, 2.45) is 5.92 Å². The normalized spacial score (nSPS) is 13.3. The maximum Gasteiger partial charge on any atom is 0.419 e. The molecule has 0 saturated carbocycles. The maximum atomic E-state index is 15.8. The van der Waals surface area contributed by atoms with E-state index in [4.69, 9.17) is 0 Å². The summed E-state index contributed by atoms with van der Waals surface area (Å²) in [5.41, 5.74) is 0.495. The number of amides is 1. The van der Waals surface area contributed by atoms with E-state index in [2.05, 4.69) is 5.32 Å². The number of pyridine rings is 1. The number of carbonyl (C=O) groups excluding carboxylic acids is 1. The zero-order chi connectivity index (χ0) is 35.5. The first-order valence-electron chi connectivity index (χ1n) is 15.3. The summed E-state index contributed by atoms with van der Waals surface area (Å²) in [4.78, 5) is 40.6. The number of aromatic nitrogens is 1. The number of rotatable bonds is 12. The second kappa shape index (κ2) is 14.8. The minimum atomic E-state index is -5.17. The van der Waals surface area contributed by atoms with Gasteiger partial charge in [0.25, 0.3) is 5.56 Å². The lowest BCUT2D eigenvalue weighted by Gasteiger charge is -2.27. The van der Waals surface area contributed by atoms with Gasteiger partial charge in [0.2, 0.25) is 11.7 Å². The monoisotopic (exact) mass is 663 g/mol. The van der Waals surface area contributed by atoms with Crippen LogP contribution in [-0.4, -0.2) is 47.1 Å². The molecule has 0 aliphatic carbocycles. The number of carboxylic acids is 1. The predicted octanol–water partition coefficient (Wildman–Crippen LogP) is 7.07. The van der Waals surface area contributed by atoms with Gasteiger partial charge < -0.3 is 19.9 Å². The fraction of sp³-hybridized carbons (Fsp3) is 0.457. The Kier molecular flexibility index (Phi) is 11.8. The fourth-order valence-electron chi connectivity index (χ4n) is 6.03. The summed E-state index contributed by atoms with van der Waals surface area (Å²) in [6.45, 7) is 10.7. The van der Waals surface area contributed by atoms with Gasteiger partial charge >= 0.3 is 12.1 Å². The molecule has 3 rings (SSSR count). The fourth-order valence-corrected chi connectivity index (χ4v) is 6.03. The van der Waals surface area contributed by atoms with Crippen molar-refractivity contribution in [3.8, 4) is 11.1 Å². The number of alkyl halides is 3. The van der Waals surface area contributed by atoms with Crippen molar-refractivity contribution in [1.29, 1.82) is 0 Å². The summed E-state index contributed by atoms with van der Waals surface area (Å²) in [5, 5.41) is 12.3. The molecule has 0 saturated heterocycles. The molecule has 2 N–H and O–H groups in total. The molecule has 47 heavy (non-hydrogen) atoms. The van der Waals surface area contributed by atoms with Crippen LogP contribution in [0.3, 0.4) is 0 Å². The van der Waals surface area contributed by atoms with Gasteiger partial charge in [-0.05, 0) is 106 Å². The first-order chi connectivity index (χ1) is 21.7. The lowest BCUT2D eigenvalue weighted by atomic mass is 9.89. The smallest absolute Gasteiger partial charge is 0.419 e. The van der Waals surface area contributed by atoms with Crippen molar-refractivity contribution in [3.63, 3.8) is 0 Å². The van der Waals surface area contributed by atoms with Gasteiger partial charge in [0.05, 0.1) is 12.5 Å². The number of carboxylic acid groups (broad SMARTS) is 1. The van der Waals surface area contributed by atoms with Crippen LogP contribution in [0.5, 0.6) is 0 Å². The SMILES string of the molecule is Cc1cc(C)c(-c2cc(C)c(F)c(C(CC(=O)O)NC(=O)C(CC(C)C)n3cc(CCN(C)C)c(C(F)(F)F)c(F)c3=O)c2)c(C)c1. The van der Waals surface area contributed by atoms with Crippen LogP contribution in [0.4, 0.5) is 22.0 Å². The number of likely N-dealkylation sites (N-methyl/N-ethyl adjacent to an activating group) is 1. The minimum Gasteiger partial charge on any atom is -0.481 e. The molecule has 1 heterocycles. The maximum absolute atomic E-state index is 15.8. The first kappa shape index (κ1) is 37.4. The van der Waals surface area contributed by atoms with Crippen LogP contribution in [0.2, 0.25) is 0 Å². The highest BCUT2D eigenvalue weighted by Crippen LogP contribution is 2.36. The third-order valence-electron chi connectivity index (χ3n) is 8.02. The van der Waals surface area contributed by atoms with Crippen molar-refractivity contribution in [1.82, 2.24) is 14.8 Å². The van der Waals surface area contributed by atoms with Gasteiger partial charge in [0.15, 0.2) is 0 Å². The minimum absolute atomic E-state index is 0.0946. The summed E-state index contributed by atoms with van der Waals surface area (Å²) < 4.78 is 73.4. The Morgan fingerprint density at radius 2 is 1.55 bits per heavy atom. The first-order valence-corrected chi connectivity index (χ1v) is 15.3. The standard InChI is InChI=1S/C35H42F5N3O4/c1-18(2)11-27(43-17-23(9-10-42(7)8)30(35(38,39)40)32(37)34(43)47)33(46)41-26(16-28(44)45)25-15-24(14-22(6)31(25)36)29-20(4)12-19(3)13-21(29)5/h12-15,17-18,26-27H,9-11,16H2,1-8H3,(H,41,46)(H,44,45). The summed E-state index contributed by atoms with van der Waals surface area (Å²) >= 11 is 0. The Labute approximate surface area is 271 Å². The molecule has 2 unspecified atom stereocenters. The lowest BCUT2D eigenvalue weighted by Crippen LogP contribution is -2.42. The van der Waals surface area contributed by atoms with Gasteiger partial charge in [0.1, 0.15) is 17.4 Å². The van der Waals surface area contributed by atoms with Crippen LogP contribution in [0.1, 0.15) is 77.7 Å². The second-order valence-corrected chi connectivity index (χ2v) is 12.9. The van der Waals surface area contributed by atoms with Crippen LogP contribution in [0.25, 0.3) is 11.1 Å². The molecular weight excluding hydrogens is 621 g/mol. The highest BCUT2D eigenvalue weighted by atomic mass is 19.4. The predicted molar refractivity (Wildman–Crippen MR) is 170 cm³/mol. The zero-order valence-electron chi connectivity index (χ0n) is 27.9. The number of benzene rings is 2. The third-order valence-corrected chi connectivity index (χ3v) is 8.02. The highest BCUT2D eigenvalue weighted by molar-refractivity contribution is 5.82. The van der Waals surface area contributed by atoms with Crippen LogP contribution in [0.15, 0.2) is 35.3 Å². The summed E-state index contributed by atoms with van der Waals surface area (Å²) in [7, 11) is 3.24. The number of carbonyl (C=O) groups is 2. The number of halogens is 5. The van der Waals surface area contributed by atoms with Crippen molar-refractivity contribution >= 4 is 11.9 Å². The molecule has 0 radical (unpaired) electrons. The molecule has 256 valence electrons. The Morgan fingerprint density at radius 1 is 0.957 bits per heavy atom. The van der Waals surface area contributed by atoms with Crippen LogP contribution in [-0.2, 0) is 22.2 Å². The summed E-state index contributed by atoms with van der Waals surface area (Å²) in [5.74, 6) is -5.40. The summed E-state index contributed by atoms with van der Waals surface area (Å²) in [6.07, 6.45) is -5.43. The molecular formula is C35H42F5N3O4.